The van der Waals surface area contributed by atoms with E-state index in [4.69, 9.17) is 66.3 Å². The fourth-order valence-corrected chi connectivity index (χ4v) is 20.5. The highest BCUT2D eigenvalue weighted by molar-refractivity contribution is 5.79. The van der Waals surface area contributed by atoms with Gasteiger partial charge in [-0.05, 0) is 117 Å². The SMILES string of the molecule is C[C@H]1O[C@@H](O[C@H]2[C@@H](O)[C@H](O[C@@H]3[C@@H](O)[C@@H](C)O[C@@H](O[C@H]4[C@H](OC5CCC6(C)C(CCC7(C)C6CC=C6C8CC(C)(C)CCC8(C(=O)O[C@@H]8O[C@H](CO[C@@H]9O[C@H](CO)[C@@H](O)[C@@H](O)[C@H]9O)[C@@H](O)[C@@H](O)[C@H]8O)CCC67C)C5(C)CO)OC[C@H](O)[C@@H]4O)[C@@H]3O)O[C@H](CO)[C@H]2O[C@@H]2O[C@H](CO)[C@@H](O)[C@@H](O)[C@H]2O)[C@H](O)[C@H](O)[C@H]1O. The molecule has 9 unspecified atom stereocenters. The molecule has 4 saturated carbocycles. The number of carbonyl (C=O) groups is 1. The summed E-state index contributed by atoms with van der Waals surface area (Å²) in [4.78, 5) is 15.3. The van der Waals surface area contributed by atoms with Gasteiger partial charge in [0.2, 0.25) is 6.29 Å². The van der Waals surface area contributed by atoms with Gasteiger partial charge in [0, 0.05) is 5.41 Å². The summed E-state index contributed by atoms with van der Waals surface area (Å²) >= 11 is 0. The zero-order chi connectivity index (χ0) is 78.0. The lowest BCUT2D eigenvalue weighted by molar-refractivity contribution is -0.403. The van der Waals surface area contributed by atoms with E-state index in [1.807, 2.05) is 6.92 Å². The second-order valence-electron chi connectivity index (χ2n) is 34.1. The number of aliphatic hydroxyl groups is 21. The molecule has 616 valence electrons. The molecule has 0 bridgehead atoms. The number of ether oxygens (including phenoxy) is 14. The minimum absolute atomic E-state index is 0.0219. The Kier molecular flexibility index (Phi) is 25.3. The summed E-state index contributed by atoms with van der Waals surface area (Å²) in [6.07, 6.45) is -52.9. The van der Waals surface area contributed by atoms with Crippen molar-refractivity contribution in [3.05, 3.63) is 11.6 Å². The zero-order valence-corrected chi connectivity index (χ0v) is 61.3. The summed E-state index contributed by atoms with van der Waals surface area (Å²) < 4.78 is 84.2. The summed E-state index contributed by atoms with van der Waals surface area (Å²) in [7, 11) is 0. The molecule has 12 aliphatic rings. The molecule has 0 spiro atoms. The maximum Gasteiger partial charge on any atom is 0.315 e. The van der Waals surface area contributed by atoms with Crippen LogP contribution >= 0.6 is 0 Å². The highest BCUT2D eigenvalue weighted by Gasteiger charge is 2.71. The van der Waals surface area contributed by atoms with Crippen molar-refractivity contribution >= 4 is 5.97 Å². The lowest BCUT2D eigenvalue weighted by Gasteiger charge is -2.71. The molecular weight excluding hydrogens is 1430 g/mol. The molecule has 107 heavy (non-hydrogen) atoms. The molecule has 21 N–H and O–H groups in total. The molecule has 43 atom stereocenters. The van der Waals surface area contributed by atoms with Crippen LogP contribution < -0.4 is 0 Å². The smallest absolute Gasteiger partial charge is 0.315 e. The largest absolute Gasteiger partial charge is 0.432 e. The van der Waals surface area contributed by atoms with Gasteiger partial charge in [0.05, 0.1) is 63.4 Å². The standard InChI is InChI=1S/C71H116O36/c1-26-38(77)44(83)49(88)59(96-26)105-56-53(92)63(100-33(22-74)54(56)103-60-50(89)46(85)42(81)32(21-73)99-60)104-55-39(78)27(2)97-62(52(55)91)106-57-40(79)30(76)23-94-64(57)102-37-12-13-67(5)35(68(37,6)25-75)11-14-70(8)36(67)10-9-28-29-19-66(3,4)15-17-71(29,18-16-69(28,70)7)65(93)107-61-51(90)47(86)43(82)34(101-61)24-95-58-48(87)45(84)41(80)31(20-72)98-58/h9,26-27,29-64,72-92H,10-25H2,1-8H3/t26-,27-,29?,30+,31-,32-,33-,34-,35?,36?,37?,38+,39+,40+,41-,42-,43-,44-,45-,46-,47-,48-,49-,50-,51-,52-,53-,54-,55-,56+,57-,58-,59+,60+,61+,62+,63+,64+,67?,68?,69?,70?,71?/m1/s1. The first-order valence-corrected chi connectivity index (χ1v) is 37.7. The van der Waals surface area contributed by atoms with Crippen LogP contribution in [0.5, 0.6) is 0 Å². The Balaban J connectivity index is 0.742. The molecule has 36 nitrogen and oxygen atoms in total. The molecule has 5 aliphatic carbocycles. The van der Waals surface area contributed by atoms with Crippen LogP contribution in [0.3, 0.4) is 0 Å². The van der Waals surface area contributed by atoms with Crippen molar-refractivity contribution in [3.63, 3.8) is 0 Å². The third-order valence-corrected chi connectivity index (χ3v) is 27.4. The van der Waals surface area contributed by atoms with Crippen molar-refractivity contribution in [2.24, 2.45) is 50.2 Å². The highest BCUT2D eigenvalue weighted by Crippen LogP contribution is 2.76. The van der Waals surface area contributed by atoms with Gasteiger partial charge < -0.3 is 174 Å². The summed E-state index contributed by atoms with van der Waals surface area (Å²) in [6.45, 7) is 11.9. The number of rotatable bonds is 19. The van der Waals surface area contributed by atoms with Crippen molar-refractivity contribution in [2.45, 2.75) is 335 Å². The average Bonchev–Trinajstić information content (AvgIpc) is 0.673. The average molecular weight is 1550 g/mol. The zero-order valence-electron chi connectivity index (χ0n) is 61.3. The van der Waals surface area contributed by atoms with Crippen LogP contribution in [0.1, 0.15) is 120 Å². The van der Waals surface area contributed by atoms with Crippen LogP contribution in [0.4, 0.5) is 0 Å². The molecule has 0 radical (unpaired) electrons. The van der Waals surface area contributed by atoms with E-state index < -0.39 is 276 Å². The first-order chi connectivity index (χ1) is 50.3. The van der Waals surface area contributed by atoms with Gasteiger partial charge in [-0.1, -0.05) is 53.2 Å². The fourth-order valence-electron chi connectivity index (χ4n) is 20.5. The lowest BCUT2D eigenvalue weighted by Crippen LogP contribution is -2.68. The minimum Gasteiger partial charge on any atom is -0.432 e. The molecule has 36 heteroatoms. The van der Waals surface area contributed by atoms with Crippen molar-refractivity contribution in [1.82, 2.24) is 0 Å². The maximum atomic E-state index is 15.3. The molecule has 0 aromatic rings. The maximum absolute atomic E-state index is 15.3. The van der Waals surface area contributed by atoms with Crippen LogP contribution in [0, 0.1) is 50.2 Å². The van der Waals surface area contributed by atoms with Gasteiger partial charge in [-0.2, -0.15) is 0 Å². The van der Waals surface area contributed by atoms with E-state index in [0.717, 1.165) is 5.57 Å². The van der Waals surface area contributed by atoms with Gasteiger partial charge in [0.1, 0.15) is 153 Å². The number of allylic oxidation sites excluding steroid dienone is 2. The highest BCUT2D eigenvalue weighted by atomic mass is 16.8. The van der Waals surface area contributed by atoms with E-state index in [9.17, 15) is 107 Å². The van der Waals surface area contributed by atoms with Crippen molar-refractivity contribution in [1.29, 1.82) is 0 Å². The Morgan fingerprint density at radius 3 is 1.57 bits per heavy atom. The monoisotopic (exact) mass is 1540 g/mol. The lowest BCUT2D eigenvalue weighted by atomic mass is 9.33. The van der Waals surface area contributed by atoms with Gasteiger partial charge in [0.25, 0.3) is 0 Å². The molecule has 11 fully saturated rings. The van der Waals surface area contributed by atoms with Crippen LogP contribution in [-0.2, 0) is 71.1 Å². The molecule has 0 amide bonds. The summed E-state index contributed by atoms with van der Waals surface area (Å²) in [5, 5.41) is 231. The Morgan fingerprint density at radius 2 is 0.944 bits per heavy atom. The molecule has 7 heterocycles. The summed E-state index contributed by atoms with van der Waals surface area (Å²) in [6, 6.07) is 0. The third kappa shape index (κ3) is 14.8. The quantitative estimate of drug-likeness (QED) is 0.0325. The molecule has 12 rings (SSSR count). The Morgan fingerprint density at radius 1 is 0.449 bits per heavy atom. The topological polar surface area (TPSA) is 571 Å². The Labute approximate surface area is 618 Å². The van der Waals surface area contributed by atoms with Gasteiger partial charge in [-0.15, -0.1) is 0 Å². The van der Waals surface area contributed by atoms with E-state index in [2.05, 4.69) is 40.7 Å². The first kappa shape index (κ1) is 84.3. The first-order valence-electron chi connectivity index (χ1n) is 37.7. The van der Waals surface area contributed by atoms with Crippen LogP contribution in [-0.4, -0.2) is 368 Å². The number of aliphatic hydroxyl groups excluding tert-OH is 21. The van der Waals surface area contributed by atoms with E-state index in [-0.39, 0.29) is 35.2 Å². The summed E-state index contributed by atoms with van der Waals surface area (Å²) in [5.74, 6) is -1.16. The summed E-state index contributed by atoms with van der Waals surface area (Å²) in [5.41, 5.74) is -2.50. The van der Waals surface area contributed by atoms with Gasteiger partial charge in [0.15, 0.2) is 37.7 Å². The molecule has 7 saturated heterocycles. The van der Waals surface area contributed by atoms with Crippen LogP contribution in [0.25, 0.3) is 0 Å². The van der Waals surface area contributed by atoms with E-state index in [0.29, 0.717) is 64.2 Å². The van der Waals surface area contributed by atoms with Crippen LogP contribution in [0.2, 0.25) is 0 Å². The minimum atomic E-state index is -2.18. The van der Waals surface area contributed by atoms with Crippen molar-refractivity contribution < 1.29 is 178 Å². The van der Waals surface area contributed by atoms with Crippen molar-refractivity contribution in [2.75, 3.05) is 39.6 Å². The Bertz CT molecular complexity index is 3030. The predicted molar refractivity (Wildman–Crippen MR) is 353 cm³/mol. The number of carbonyl (C=O) groups excluding carboxylic acids is 1. The number of hydrogen-bond donors (Lipinski definition) is 21. The van der Waals surface area contributed by atoms with E-state index in [1.165, 1.54) is 13.8 Å². The van der Waals surface area contributed by atoms with Crippen molar-refractivity contribution in [3.8, 4) is 0 Å². The molecule has 7 aliphatic heterocycles. The second kappa shape index (κ2) is 32.1. The Hall–Kier alpha value is -2.15. The second-order valence-corrected chi connectivity index (χ2v) is 34.1. The van der Waals surface area contributed by atoms with Gasteiger partial charge in [-0.3, -0.25) is 4.79 Å². The van der Waals surface area contributed by atoms with Gasteiger partial charge >= 0.3 is 5.97 Å². The molecule has 0 aromatic heterocycles. The third-order valence-electron chi connectivity index (χ3n) is 27.4. The predicted octanol–water partition coefficient (Wildman–Crippen LogP) is -6.90. The molecular formula is C71H116O36. The van der Waals surface area contributed by atoms with Gasteiger partial charge in [-0.25, -0.2) is 0 Å². The fraction of sp³-hybridized carbons (Fsp3) is 0.958. The number of hydrogen-bond acceptors (Lipinski definition) is 36. The normalized spacial score (nSPS) is 55.1. The molecule has 0 aromatic carbocycles. The van der Waals surface area contributed by atoms with Crippen LogP contribution in [0.15, 0.2) is 11.6 Å². The van der Waals surface area contributed by atoms with E-state index >= 15 is 4.79 Å². The number of fused-ring (bicyclic) bond motifs is 7. The number of esters is 1. The van der Waals surface area contributed by atoms with E-state index in [1.54, 1.807) is 0 Å².